The third-order valence-corrected chi connectivity index (χ3v) is 1.98. The molecule has 0 N–H and O–H groups in total. The summed E-state index contributed by atoms with van der Waals surface area (Å²) in [7, 11) is 1.68. The lowest BCUT2D eigenvalue weighted by atomic mass is 10.0. The maximum absolute atomic E-state index is 5.65. The molecule has 0 bridgehead atoms. The summed E-state index contributed by atoms with van der Waals surface area (Å²) in [5.41, 5.74) is 0. The van der Waals surface area contributed by atoms with Crippen molar-refractivity contribution in [1.29, 1.82) is 0 Å². The second kappa shape index (κ2) is 3.67. The maximum atomic E-state index is 5.65. The highest BCUT2D eigenvalue weighted by molar-refractivity contribution is 6.18. The summed E-state index contributed by atoms with van der Waals surface area (Å²) in [5.74, 6) is 2.14. The smallest absolute Gasteiger partial charge is 0.114 e. The second-order valence-electron chi connectivity index (χ2n) is 2.32. The van der Waals surface area contributed by atoms with Crippen molar-refractivity contribution in [2.24, 2.45) is 5.92 Å². The van der Waals surface area contributed by atoms with E-state index in [1.807, 2.05) is 6.08 Å². The van der Waals surface area contributed by atoms with E-state index < -0.39 is 0 Å². The molecule has 1 rings (SSSR count). The molecule has 1 atom stereocenters. The minimum Gasteiger partial charge on any atom is -0.497 e. The standard InChI is InChI=1S/C8H11ClO/c1-10-8-4-2-7(6-9)3-5-8/h2,4-5,7H,3,6H2,1H3. The van der Waals surface area contributed by atoms with Crippen LogP contribution in [0.3, 0.4) is 0 Å². The summed E-state index contributed by atoms with van der Waals surface area (Å²) < 4.78 is 5.02. The Bertz CT molecular complexity index is 161. The Morgan fingerprint density at radius 2 is 2.60 bits per heavy atom. The van der Waals surface area contributed by atoms with Crippen molar-refractivity contribution in [3.63, 3.8) is 0 Å². The highest BCUT2D eigenvalue weighted by Crippen LogP contribution is 2.17. The molecule has 0 spiro atoms. The van der Waals surface area contributed by atoms with Crippen molar-refractivity contribution in [1.82, 2.24) is 0 Å². The third-order valence-electron chi connectivity index (χ3n) is 1.59. The number of hydrogen-bond acceptors (Lipinski definition) is 1. The number of hydrogen-bond donors (Lipinski definition) is 0. The van der Waals surface area contributed by atoms with Crippen molar-refractivity contribution in [3.05, 3.63) is 24.0 Å². The van der Waals surface area contributed by atoms with Crippen LogP contribution in [0.1, 0.15) is 6.42 Å². The molecule has 2 heteroatoms. The van der Waals surface area contributed by atoms with Crippen LogP contribution in [-0.2, 0) is 4.74 Å². The van der Waals surface area contributed by atoms with Gasteiger partial charge in [0, 0.05) is 5.88 Å². The van der Waals surface area contributed by atoms with Crippen molar-refractivity contribution < 1.29 is 4.74 Å². The van der Waals surface area contributed by atoms with Gasteiger partial charge in [-0.2, -0.15) is 0 Å². The molecule has 0 heterocycles. The van der Waals surface area contributed by atoms with Crippen molar-refractivity contribution in [2.75, 3.05) is 13.0 Å². The van der Waals surface area contributed by atoms with Gasteiger partial charge in [-0.05, 0) is 24.5 Å². The molecular formula is C8H11ClO. The molecule has 0 aromatic rings. The van der Waals surface area contributed by atoms with Crippen LogP contribution in [0.25, 0.3) is 0 Å². The number of rotatable bonds is 2. The van der Waals surface area contributed by atoms with Gasteiger partial charge < -0.3 is 4.74 Å². The summed E-state index contributed by atoms with van der Waals surface area (Å²) in [6.07, 6.45) is 7.12. The molecule has 0 aromatic heterocycles. The second-order valence-corrected chi connectivity index (χ2v) is 2.63. The fourth-order valence-electron chi connectivity index (χ4n) is 0.911. The van der Waals surface area contributed by atoms with E-state index in [0.29, 0.717) is 11.8 Å². The average Bonchev–Trinajstić information content (AvgIpc) is 2.05. The van der Waals surface area contributed by atoms with Crippen molar-refractivity contribution >= 4 is 11.6 Å². The Labute approximate surface area is 66.3 Å². The van der Waals surface area contributed by atoms with Crippen LogP contribution in [0.4, 0.5) is 0 Å². The molecule has 0 radical (unpaired) electrons. The molecule has 0 aliphatic heterocycles. The summed E-state index contributed by atoms with van der Waals surface area (Å²) in [6, 6.07) is 0. The number of halogens is 1. The molecular weight excluding hydrogens is 148 g/mol. The van der Waals surface area contributed by atoms with E-state index in [2.05, 4.69) is 12.2 Å². The first-order valence-electron chi connectivity index (χ1n) is 3.35. The molecule has 0 saturated carbocycles. The lowest BCUT2D eigenvalue weighted by molar-refractivity contribution is 0.302. The van der Waals surface area contributed by atoms with Gasteiger partial charge in [-0.3, -0.25) is 0 Å². The lowest BCUT2D eigenvalue weighted by Crippen LogP contribution is -2.01. The molecule has 1 unspecified atom stereocenters. The normalized spacial score (nSPS) is 24.2. The predicted molar refractivity (Wildman–Crippen MR) is 43.1 cm³/mol. The van der Waals surface area contributed by atoms with Crippen molar-refractivity contribution in [2.45, 2.75) is 6.42 Å². The number of methoxy groups -OCH3 is 1. The lowest BCUT2D eigenvalue weighted by Gasteiger charge is -2.11. The molecule has 0 saturated heterocycles. The van der Waals surface area contributed by atoms with Gasteiger partial charge in [0.15, 0.2) is 0 Å². The van der Waals surface area contributed by atoms with Crippen LogP contribution in [0.15, 0.2) is 24.0 Å². The summed E-state index contributed by atoms with van der Waals surface area (Å²) in [5, 5.41) is 0. The van der Waals surface area contributed by atoms with E-state index in [4.69, 9.17) is 16.3 Å². The number of ether oxygens (including phenoxy) is 1. The summed E-state index contributed by atoms with van der Waals surface area (Å²) >= 11 is 5.65. The largest absolute Gasteiger partial charge is 0.497 e. The SMILES string of the molecule is COC1=CCC(CCl)C=C1. The van der Waals surface area contributed by atoms with Crippen LogP contribution in [0, 0.1) is 5.92 Å². The number of alkyl halides is 1. The van der Waals surface area contributed by atoms with Gasteiger partial charge in [-0.25, -0.2) is 0 Å². The third kappa shape index (κ3) is 1.77. The van der Waals surface area contributed by atoms with Crippen LogP contribution >= 0.6 is 11.6 Å². The minimum absolute atomic E-state index is 0.501. The maximum Gasteiger partial charge on any atom is 0.114 e. The van der Waals surface area contributed by atoms with Crippen LogP contribution in [0.2, 0.25) is 0 Å². The Balaban J connectivity index is 2.46. The first-order chi connectivity index (χ1) is 4.86. The molecule has 1 aliphatic carbocycles. The Morgan fingerprint density at radius 1 is 1.80 bits per heavy atom. The van der Waals surface area contributed by atoms with Gasteiger partial charge in [0.05, 0.1) is 7.11 Å². The number of allylic oxidation sites excluding steroid dienone is 3. The van der Waals surface area contributed by atoms with Gasteiger partial charge in [0.1, 0.15) is 5.76 Å². The Hall–Kier alpha value is -0.430. The van der Waals surface area contributed by atoms with Crippen LogP contribution < -0.4 is 0 Å². The zero-order chi connectivity index (χ0) is 7.40. The van der Waals surface area contributed by atoms with E-state index in [1.165, 1.54) is 0 Å². The average molecular weight is 159 g/mol. The Morgan fingerprint density at radius 3 is 3.00 bits per heavy atom. The minimum atomic E-state index is 0.501. The first-order valence-corrected chi connectivity index (χ1v) is 3.88. The quantitative estimate of drug-likeness (QED) is 0.561. The van der Waals surface area contributed by atoms with E-state index in [-0.39, 0.29) is 0 Å². The molecule has 10 heavy (non-hydrogen) atoms. The fourth-order valence-corrected chi connectivity index (χ4v) is 1.14. The first kappa shape index (κ1) is 7.67. The van der Waals surface area contributed by atoms with E-state index >= 15 is 0 Å². The zero-order valence-electron chi connectivity index (χ0n) is 6.01. The fraction of sp³-hybridized carbons (Fsp3) is 0.500. The monoisotopic (exact) mass is 158 g/mol. The van der Waals surface area contributed by atoms with Gasteiger partial charge in [-0.1, -0.05) is 6.08 Å². The van der Waals surface area contributed by atoms with Crippen LogP contribution in [0.5, 0.6) is 0 Å². The predicted octanol–water partition coefficient (Wildman–Crippen LogP) is 2.33. The van der Waals surface area contributed by atoms with Crippen LogP contribution in [-0.4, -0.2) is 13.0 Å². The molecule has 56 valence electrons. The molecule has 1 nitrogen and oxygen atoms in total. The summed E-state index contributed by atoms with van der Waals surface area (Å²) in [6.45, 7) is 0. The van der Waals surface area contributed by atoms with E-state index in [1.54, 1.807) is 7.11 Å². The molecule has 0 amide bonds. The topological polar surface area (TPSA) is 9.23 Å². The molecule has 0 fully saturated rings. The summed E-state index contributed by atoms with van der Waals surface area (Å²) in [4.78, 5) is 0. The highest BCUT2D eigenvalue weighted by atomic mass is 35.5. The molecule has 0 aromatic carbocycles. The van der Waals surface area contributed by atoms with Gasteiger partial charge in [0.25, 0.3) is 0 Å². The Kier molecular flexibility index (Phi) is 2.82. The van der Waals surface area contributed by atoms with E-state index in [9.17, 15) is 0 Å². The van der Waals surface area contributed by atoms with Gasteiger partial charge in [0.2, 0.25) is 0 Å². The van der Waals surface area contributed by atoms with Crippen molar-refractivity contribution in [3.8, 4) is 0 Å². The van der Waals surface area contributed by atoms with E-state index in [0.717, 1.165) is 12.2 Å². The van der Waals surface area contributed by atoms with Gasteiger partial charge >= 0.3 is 0 Å². The molecule has 1 aliphatic rings. The van der Waals surface area contributed by atoms with Gasteiger partial charge in [-0.15, -0.1) is 11.6 Å². The zero-order valence-corrected chi connectivity index (χ0v) is 6.77. The highest BCUT2D eigenvalue weighted by Gasteiger charge is 2.06.